The lowest BCUT2D eigenvalue weighted by atomic mass is 10.2. The molecule has 1 fully saturated rings. The minimum atomic E-state index is -0.416. The van der Waals surface area contributed by atoms with E-state index in [9.17, 15) is 9.18 Å². The summed E-state index contributed by atoms with van der Waals surface area (Å²) in [5.74, 6) is 0.128. The molecule has 4 rings (SSSR count). The Balaban J connectivity index is 1.34. The van der Waals surface area contributed by atoms with Gasteiger partial charge in [0.1, 0.15) is 5.82 Å². The summed E-state index contributed by atoms with van der Waals surface area (Å²) in [5, 5.41) is 0. The zero-order valence-electron chi connectivity index (χ0n) is 15.4. The molecule has 1 amide bonds. The van der Waals surface area contributed by atoms with E-state index in [0.29, 0.717) is 24.5 Å². The normalized spacial score (nSPS) is 14.8. The van der Waals surface area contributed by atoms with Gasteiger partial charge in [0.15, 0.2) is 5.82 Å². The third kappa shape index (κ3) is 4.20. The smallest absolute Gasteiger partial charge is 0.315 e. The number of benzene rings is 2. The highest BCUT2D eigenvalue weighted by Gasteiger charge is 2.23. The number of aromatic nitrogens is 2. The van der Waals surface area contributed by atoms with Crippen molar-refractivity contribution < 1.29 is 14.0 Å². The van der Waals surface area contributed by atoms with Crippen LogP contribution in [0.25, 0.3) is 11.4 Å². The molecule has 0 unspecified atom stereocenters. The van der Waals surface area contributed by atoms with Crippen molar-refractivity contribution in [3.05, 3.63) is 78.4 Å². The molecule has 3 aromatic rings. The lowest BCUT2D eigenvalue weighted by Gasteiger charge is -2.33. The standard InChI is InChI=1S/C21H21FN4O2/c22-19-8-6-18(7-9-19)20-23-10-11-26(20)28-21(27)25-14-12-24(13-15-25)16-17-4-2-1-3-5-17/h1-11H,12-16H2. The maximum Gasteiger partial charge on any atom is 0.434 e. The van der Waals surface area contributed by atoms with Crippen molar-refractivity contribution >= 4 is 6.09 Å². The Morgan fingerprint density at radius 1 is 1.00 bits per heavy atom. The number of nitrogens with zero attached hydrogens (tertiary/aromatic N) is 4. The first-order valence-corrected chi connectivity index (χ1v) is 9.22. The lowest BCUT2D eigenvalue weighted by Crippen LogP contribution is -2.50. The van der Waals surface area contributed by atoms with E-state index in [0.717, 1.165) is 19.6 Å². The molecule has 2 heterocycles. The van der Waals surface area contributed by atoms with Gasteiger partial charge in [-0.25, -0.2) is 14.2 Å². The number of hydrogen-bond acceptors (Lipinski definition) is 4. The van der Waals surface area contributed by atoms with Gasteiger partial charge in [-0.3, -0.25) is 4.90 Å². The molecular formula is C21H21FN4O2. The average Bonchev–Trinajstić information content (AvgIpc) is 3.18. The Kier molecular flexibility index (Phi) is 5.34. The molecular weight excluding hydrogens is 359 g/mol. The Hall–Kier alpha value is -3.19. The van der Waals surface area contributed by atoms with Crippen LogP contribution in [-0.2, 0) is 6.54 Å². The summed E-state index contributed by atoms with van der Waals surface area (Å²) >= 11 is 0. The van der Waals surface area contributed by atoms with Crippen LogP contribution < -0.4 is 4.84 Å². The summed E-state index contributed by atoms with van der Waals surface area (Å²) < 4.78 is 14.5. The predicted molar refractivity (Wildman–Crippen MR) is 103 cm³/mol. The summed E-state index contributed by atoms with van der Waals surface area (Å²) in [5.41, 5.74) is 1.94. The van der Waals surface area contributed by atoms with Crippen LogP contribution >= 0.6 is 0 Å². The highest BCUT2D eigenvalue weighted by Crippen LogP contribution is 2.17. The number of rotatable bonds is 4. The molecule has 0 bridgehead atoms. The molecule has 2 aromatic carbocycles. The van der Waals surface area contributed by atoms with Crippen LogP contribution in [0.3, 0.4) is 0 Å². The van der Waals surface area contributed by atoms with Crippen LogP contribution in [0.2, 0.25) is 0 Å². The highest BCUT2D eigenvalue weighted by molar-refractivity contribution is 5.68. The maximum atomic E-state index is 13.1. The Labute approximate surface area is 162 Å². The van der Waals surface area contributed by atoms with Gasteiger partial charge < -0.3 is 9.74 Å². The molecule has 1 aliphatic rings. The third-order valence-corrected chi connectivity index (χ3v) is 4.77. The number of piperazine rings is 1. The fraction of sp³-hybridized carbons (Fsp3) is 0.238. The molecule has 1 aromatic heterocycles. The minimum Gasteiger partial charge on any atom is -0.315 e. The van der Waals surface area contributed by atoms with Crippen molar-refractivity contribution in [1.29, 1.82) is 0 Å². The summed E-state index contributed by atoms with van der Waals surface area (Å²) in [6, 6.07) is 16.2. The molecule has 28 heavy (non-hydrogen) atoms. The van der Waals surface area contributed by atoms with E-state index in [-0.39, 0.29) is 5.82 Å². The van der Waals surface area contributed by atoms with Gasteiger partial charge in [0.05, 0.1) is 6.20 Å². The molecule has 0 N–H and O–H groups in total. The summed E-state index contributed by atoms with van der Waals surface area (Å²) in [6.45, 7) is 3.66. The third-order valence-electron chi connectivity index (χ3n) is 4.77. The zero-order valence-corrected chi connectivity index (χ0v) is 15.4. The first-order valence-electron chi connectivity index (χ1n) is 9.22. The summed E-state index contributed by atoms with van der Waals surface area (Å²) in [7, 11) is 0. The SMILES string of the molecule is O=C(On1ccnc1-c1ccc(F)cc1)N1CCN(Cc2ccccc2)CC1. The highest BCUT2D eigenvalue weighted by atomic mass is 19.1. The molecule has 7 heteroatoms. The van der Waals surface area contributed by atoms with E-state index in [2.05, 4.69) is 22.0 Å². The Bertz CT molecular complexity index is 919. The second-order valence-electron chi connectivity index (χ2n) is 6.69. The second-order valence-corrected chi connectivity index (χ2v) is 6.69. The van der Waals surface area contributed by atoms with E-state index in [4.69, 9.17) is 4.84 Å². The number of hydrogen-bond donors (Lipinski definition) is 0. The van der Waals surface area contributed by atoms with Crippen LogP contribution in [0.5, 0.6) is 0 Å². The molecule has 6 nitrogen and oxygen atoms in total. The monoisotopic (exact) mass is 380 g/mol. The van der Waals surface area contributed by atoms with E-state index in [1.807, 2.05) is 18.2 Å². The van der Waals surface area contributed by atoms with Crippen molar-refractivity contribution in [1.82, 2.24) is 19.5 Å². The van der Waals surface area contributed by atoms with Gasteiger partial charge in [0.2, 0.25) is 0 Å². The van der Waals surface area contributed by atoms with Gasteiger partial charge in [-0.1, -0.05) is 30.3 Å². The average molecular weight is 380 g/mol. The lowest BCUT2D eigenvalue weighted by molar-refractivity contribution is 0.0689. The number of halogens is 1. The number of carbonyl (C=O) groups is 1. The van der Waals surface area contributed by atoms with Crippen LogP contribution in [0, 0.1) is 5.82 Å². The molecule has 0 aliphatic carbocycles. The summed E-state index contributed by atoms with van der Waals surface area (Å²) in [4.78, 5) is 26.3. The first-order chi connectivity index (χ1) is 13.7. The minimum absolute atomic E-state index is 0.327. The largest absolute Gasteiger partial charge is 0.434 e. The van der Waals surface area contributed by atoms with Gasteiger partial charge in [0.25, 0.3) is 0 Å². The molecule has 144 valence electrons. The van der Waals surface area contributed by atoms with E-state index in [1.165, 1.54) is 22.4 Å². The van der Waals surface area contributed by atoms with E-state index >= 15 is 0 Å². The zero-order chi connectivity index (χ0) is 19.3. The van der Waals surface area contributed by atoms with Crippen molar-refractivity contribution in [3.8, 4) is 11.4 Å². The predicted octanol–water partition coefficient (Wildman–Crippen LogP) is 3.06. The van der Waals surface area contributed by atoms with Crippen LogP contribution in [-0.4, -0.2) is 51.8 Å². The molecule has 1 aliphatic heterocycles. The summed E-state index contributed by atoms with van der Waals surface area (Å²) in [6.07, 6.45) is 2.70. The second kappa shape index (κ2) is 8.22. The molecule has 0 radical (unpaired) electrons. The van der Waals surface area contributed by atoms with Gasteiger partial charge in [-0.15, -0.1) is 0 Å². The first kappa shape index (κ1) is 18.2. The van der Waals surface area contributed by atoms with Gasteiger partial charge >= 0.3 is 6.09 Å². The fourth-order valence-electron chi connectivity index (χ4n) is 3.24. The van der Waals surface area contributed by atoms with Crippen molar-refractivity contribution in [2.75, 3.05) is 26.2 Å². The Morgan fingerprint density at radius 2 is 1.71 bits per heavy atom. The molecule has 0 atom stereocenters. The van der Waals surface area contributed by atoms with Crippen molar-refractivity contribution in [2.45, 2.75) is 6.54 Å². The Morgan fingerprint density at radius 3 is 2.43 bits per heavy atom. The van der Waals surface area contributed by atoms with E-state index < -0.39 is 6.09 Å². The van der Waals surface area contributed by atoms with Crippen LogP contribution in [0.4, 0.5) is 9.18 Å². The quantitative estimate of drug-likeness (QED) is 0.698. The molecule has 0 spiro atoms. The topological polar surface area (TPSA) is 50.6 Å². The number of imidazole rings is 1. The van der Waals surface area contributed by atoms with Gasteiger partial charge in [-0.2, -0.15) is 4.73 Å². The van der Waals surface area contributed by atoms with Crippen molar-refractivity contribution in [2.24, 2.45) is 0 Å². The van der Waals surface area contributed by atoms with Crippen molar-refractivity contribution in [3.63, 3.8) is 0 Å². The molecule has 1 saturated heterocycles. The van der Waals surface area contributed by atoms with Crippen LogP contribution in [0.1, 0.15) is 5.56 Å². The number of amides is 1. The van der Waals surface area contributed by atoms with Crippen LogP contribution in [0.15, 0.2) is 67.0 Å². The molecule has 0 saturated carbocycles. The fourth-order valence-corrected chi connectivity index (χ4v) is 3.24. The van der Waals surface area contributed by atoms with Gasteiger partial charge in [-0.05, 0) is 29.8 Å². The number of carbonyl (C=O) groups excluding carboxylic acids is 1. The van der Waals surface area contributed by atoms with Gasteiger partial charge in [0, 0.05) is 44.5 Å². The maximum absolute atomic E-state index is 13.1. The van der Waals surface area contributed by atoms with E-state index in [1.54, 1.807) is 29.4 Å².